The second-order valence-electron chi connectivity index (χ2n) is 4.92. The van der Waals surface area contributed by atoms with Crippen molar-refractivity contribution in [3.63, 3.8) is 0 Å². The maximum absolute atomic E-state index is 12.1. The molecule has 0 radical (unpaired) electrons. The van der Waals surface area contributed by atoms with Crippen molar-refractivity contribution in [2.75, 3.05) is 7.11 Å². The number of carboxylic acids is 1. The van der Waals surface area contributed by atoms with Crippen LogP contribution in [0.3, 0.4) is 0 Å². The molecule has 1 atom stereocenters. The summed E-state index contributed by atoms with van der Waals surface area (Å²) in [5.74, 6) is -0.585. The molecule has 0 aromatic heterocycles. The molecule has 118 valence electrons. The molecular formula is C18H17NO4. The molecule has 0 fully saturated rings. The summed E-state index contributed by atoms with van der Waals surface area (Å²) in [5.41, 5.74) is 7.46. The van der Waals surface area contributed by atoms with Crippen LogP contribution in [0.5, 0.6) is 5.75 Å². The molecule has 5 heteroatoms. The Balaban J connectivity index is 2.09. The van der Waals surface area contributed by atoms with Gasteiger partial charge in [0.25, 0.3) is 0 Å². The summed E-state index contributed by atoms with van der Waals surface area (Å²) in [6, 6.07) is 12.4. The molecule has 0 bridgehead atoms. The lowest BCUT2D eigenvalue weighted by atomic mass is 10.0. The van der Waals surface area contributed by atoms with E-state index in [1.54, 1.807) is 31.4 Å². The maximum Gasteiger partial charge on any atom is 0.335 e. The van der Waals surface area contributed by atoms with Gasteiger partial charge in [0, 0.05) is 0 Å². The molecule has 2 rings (SSSR count). The number of rotatable bonds is 6. The van der Waals surface area contributed by atoms with E-state index in [0.29, 0.717) is 11.3 Å². The number of ether oxygens (including phenoxy) is 1. The molecule has 0 aliphatic rings. The zero-order valence-electron chi connectivity index (χ0n) is 12.6. The molecule has 5 nitrogen and oxygen atoms in total. The zero-order chi connectivity index (χ0) is 16.8. The summed E-state index contributed by atoms with van der Waals surface area (Å²) < 4.78 is 5.12. The highest BCUT2D eigenvalue weighted by Crippen LogP contribution is 2.16. The Kier molecular flexibility index (Phi) is 5.28. The van der Waals surface area contributed by atoms with Crippen molar-refractivity contribution in [1.29, 1.82) is 0 Å². The predicted octanol–water partition coefficient (Wildman–Crippen LogP) is 2.68. The molecule has 0 spiro atoms. The van der Waals surface area contributed by atoms with Gasteiger partial charge in [-0.2, -0.15) is 0 Å². The van der Waals surface area contributed by atoms with Gasteiger partial charge in [-0.15, -0.1) is 0 Å². The van der Waals surface area contributed by atoms with Gasteiger partial charge in [-0.05, 0) is 41.5 Å². The van der Waals surface area contributed by atoms with Gasteiger partial charge in [-0.3, -0.25) is 4.79 Å². The van der Waals surface area contributed by atoms with Gasteiger partial charge < -0.3 is 15.6 Å². The minimum Gasteiger partial charge on any atom is -0.497 e. The SMILES string of the molecule is COc1cccc(/C=C/C(=O)C(N)c2ccc(C(=O)O)cc2)c1. The Bertz CT molecular complexity index is 735. The number of ketones is 1. The smallest absolute Gasteiger partial charge is 0.335 e. The first-order chi connectivity index (χ1) is 11.0. The fourth-order valence-electron chi connectivity index (χ4n) is 2.02. The number of carbonyl (C=O) groups is 2. The van der Waals surface area contributed by atoms with E-state index >= 15 is 0 Å². The van der Waals surface area contributed by atoms with E-state index in [1.165, 1.54) is 18.2 Å². The summed E-state index contributed by atoms with van der Waals surface area (Å²) >= 11 is 0. The third kappa shape index (κ3) is 4.28. The highest BCUT2D eigenvalue weighted by atomic mass is 16.5. The Labute approximate surface area is 134 Å². The van der Waals surface area contributed by atoms with Crippen molar-refractivity contribution in [2.24, 2.45) is 5.73 Å². The van der Waals surface area contributed by atoms with E-state index in [0.717, 1.165) is 5.56 Å². The van der Waals surface area contributed by atoms with Crippen molar-refractivity contribution in [3.05, 3.63) is 71.3 Å². The third-order valence-corrected chi connectivity index (χ3v) is 3.36. The first-order valence-corrected chi connectivity index (χ1v) is 6.96. The number of carbonyl (C=O) groups excluding carboxylic acids is 1. The third-order valence-electron chi connectivity index (χ3n) is 3.36. The first kappa shape index (κ1) is 16.5. The summed E-state index contributed by atoms with van der Waals surface area (Å²) in [7, 11) is 1.57. The minimum atomic E-state index is -1.02. The molecule has 0 aliphatic carbocycles. The normalized spacial score (nSPS) is 12.1. The number of methoxy groups -OCH3 is 1. The van der Waals surface area contributed by atoms with Gasteiger partial charge in [0.15, 0.2) is 5.78 Å². The molecule has 0 saturated heterocycles. The highest BCUT2D eigenvalue weighted by molar-refractivity contribution is 5.98. The Morgan fingerprint density at radius 3 is 2.48 bits per heavy atom. The molecule has 2 aromatic rings. The molecule has 0 saturated carbocycles. The second kappa shape index (κ2) is 7.38. The minimum absolute atomic E-state index is 0.153. The Morgan fingerprint density at radius 2 is 1.87 bits per heavy atom. The summed E-state index contributed by atoms with van der Waals surface area (Å²) in [4.78, 5) is 22.9. The average molecular weight is 311 g/mol. The molecule has 3 N–H and O–H groups in total. The maximum atomic E-state index is 12.1. The van der Waals surface area contributed by atoms with Crippen molar-refractivity contribution in [1.82, 2.24) is 0 Å². The number of carboxylic acid groups (broad SMARTS) is 1. The van der Waals surface area contributed by atoms with Gasteiger partial charge in [0.05, 0.1) is 18.7 Å². The molecule has 0 amide bonds. The van der Waals surface area contributed by atoms with Crippen molar-refractivity contribution < 1.29 is 19.4 Å². The van der Waals surface area contributed by atoms with Crippen LogP contribution in [0.2, 0.25) is 0 Å². The summed E-state index contributed by atoms with van der Waals surface area (Å²) in [5, 5.41) is 8.86. The van der Waals surface area contributed by atoms with Gasteiger partial charge >= 0.3 is 5.97 Å². The molecule has 1 unspecified atom stereocenters. The number of benzene rings is 2. The molecule has 23 heavy (non-hydrogen) atoms. The first-order valence-electron chi connectivity index (χ1n) is 6.96. The van der Waals surface area contributed by atoms with Crippen LogP contribution in [0, 0.1) is 0 Å². The Morgan fingerprint density at radius 1 is 1.17 bits per heavy atom. The van der Waals surface area contributed by atoms with Gasteiger partial charge in [0.2, 0.25) is 0 Å². The van der Waals surface area contributed by atoms with E-state index < -0.39 is 12.0 Å². The Hall–Kier alpha value is -2.92. The predicted molar refractivity (Wildman–Crippen MR) is 87.4 cm³/mol. The van der Waals surface area contributed by atoms with Crippen LogP contribution in [-0.2, 0) is 4.79 Å². The number of nitrogens with two attached hydrogens (primary N) is 1. The lowest BCUT2D eigenvalue weighted by Gasteiger charge is -2.08. The van der Waals surface area contributed by atoms with E-state index in [4.69, 9.17) is 15.6 Å². The monoisotopic (exact) mass is 311 g/mol. The summed E-state index contributed by atoms with van der Waals surface area (Å²) in [6.07, 6.45) is 3.07. The van der Waals surface area contributed by atoms with E-state index in [9.17, 15) is 9.59 Å². The zero-order valence-corrected chi connectivity index (χ0v) is 12.6. The summed E-state index contributed by atoms with van der Waals surface area (Å²) in [6.45, 7) is 0. The molecular weight excluding hydrogens is 294 g/mol. The van der Waals surface area contributed by atoms with Crippen LogP contribution >= 0.6 is 0 Å². The quantitative estimate of drug-likeness (QED) is 0.801. The van der Waals surface area contributed by atoms with Gasteiger partial charge in [0.1, 0.15) is 5.75 Å². The van der Waals surface area contributed by atoms with Gasteiger partial charge in [-0.25, -0.2) is 4.79 Å². The average Bonchev–Trinajstić information content (AvgIpc) is 2.59. The highest BCUT2D eigenvalue weighted by Gasteiger charge is 2.13. The van der Waals surface area contributed by atoms with Crippen LogP contribution < -0.4 is 10.5 Å². The number of hydrogen-bond donors (Lipinski definition) is 2. The largest absolute Gasteiger partial charge is 0.497 e. The number of hydrogen-bond acceptors (Lipinski definition) is 4. The molecule has 0 aliphatic heterocycles. The van der Waals surface area contributed by atoms with Crippen molar-refractivity contribution >= 4 is 17.8 Å². The lowest BCUT2D eigenvalue weighted by Crippen LogP contribution is -2.19. The van der Waals surface area contributed by atoms with E-state index in [2.05, 4.69) is 0 Å². The fourth-order valence-corrected chi connectivity index (χ4v) is 2.02. The molecule has 0 heterocycles. The van der Waals surface area contributed by atoms with Crippen LogP contribution in [0.25, 0.3) is 6.08 Å². The van der Waals surface area contributed by atoms with Crippen LogP contribution in [0.1, 0.15) is 27.5 Å². The second-order valence-corrected chi connectivity index (χ2v) is 4.92. The standard InChI is InChI=1S/C18H17NO4/c1-23-15-4-2-3-12(11-15)5-10-16(20)17(19)13-6-8-14(9-7-13)18(21)22/h2-11,17H,19H2,1H3,(H,21,22)/b10-5+. The van der Waals surface area contributed by atoms with Gasteiger partial charge in [-0.1, -0.05) is 30.3 Å². The topological polar surface area (TPSA) is 89.6 Å². The lowest BCUT2D eigenvalue weighted by molar-refractivity contribution is -0.115. The van der Waals surface area contributed by atoms with Crippen molar-refractivity contribution in [2.45, 2.75) is 6.04 Å². The van der Waals surface area contributed by atoms with Crippen LogP contribution in [0.15, 0.2) is 54.6 Å². The van der Waals surface area contributed by atoms with Crippen LogP contribution in [-0.4, -0.2) is 24.0 Å². The number of aromatic carboxylic acids is 1. The van der Waals surface area contributed by atoms with Crippen molar-refractivity contribution in [3.8, 4) is 5.75 Å². The van der Waals surface area contributed by atoms with Crippen LogP contribution in [0.4, 0.5) is 0 Å². The molecule has 2 aromatic carbocycles. The van der Waals surface area contributed by atoms with E-state index in [-0.39, 0.29) is 11.3 Å². The van der Waals surface area contributed by atoms with E-state index in [1.807, 2.05) is 18.2 Å². The fraction of sp³-hybridized carbons (Fsp3) is 0.111.